The normalized spacial score (nSPS) is 11.8. The van der Waals surface area contributed by atoms with Gasteiger partial charge in [-0.15, -0.1) is 0 Å². The molecule has 0 spiro atoms. The number of oxazole rings is 1. The van der Waals surface area contributed by atoms with Gasteiger partial charge < -0.3 is 9.73 Å². The first-order chi connectivity index (χ1) is 8.85. The van der Waals surface area contributed by atoms with E-state index in [1.807, 2.05) is 0 Å². The summed E-state index contributed by atoms with van der Waals surface area (Å²) < 4.78 is 19.3. The number of hydrogen-bond acceptors (Lipinski definition) is 3. The van der Waals surface area contributed by atoms with E-state index < -0.39 is 0 Å². The molecule has 102 valence electrons. The van der Waals surface area contributed by atoms with Crippen molar-refractivity contribution in [2.45, 2.75) is 32.9 Å². The molecular formula is C14H16BrFN2O. The minimum atomic E-state index is -0.329. The molecule has 0 bridgehead atoms. The van der Waals surface area contributed by atoms with Crippen molar-refractivity contribution in [3.63, 3.8) is 0 Å². The van der Waals surface area contributed by atoms with E-state index in [1.54, 1.807) is 18.4 Å². The molecule has 1 heterocycles. The predicted octanol–water partition coefficient (Wildman–Crippen LogP) is 4.13. The molecule has 0 saturated carbocycles. The van der Waals surface area contributed by atoms with Crippen LogP contribution in [0.5, 0.6) is 0 Å². The Hall–Kier alpha value is -1.20. The van der Waals surface area contributed by atoms with E-state index in [2.05, 4.69) is 47.0 Å². The highest BCUT2D eigenvalue weighted by molar-refractivity contribution is 9.10. The number of nitrogens with zero attached hydrogens (tertiary/aromatic N) is 1. The first-order valence-electron chi connectivity index (χ1n) is 6.00. The molecule has 0 radical (unpaired) electrons. The second-order valence-electron chi connectivity index (χ2n) is 5.38. The molecule has 0 fully saturated rings. The number of aromatic nitrogens is 1. The zero-order valence-corrected chi connectivity index (χ0v) is 12.7. The lowest BCUT2D eigenvalue weighted by Crippen LogP contribution is -2.35. The van der Waals surface area contributed by atoms with Gasteiger partial charge >= 0.3 is 0 Å². The smallest absolute Gasteiger partial charge is 0.226 e. The summed E-state index contributed by atoms with van der Waals surface area (Å²) in [6, 6.07) is 4.80. The lowest BCUT2D eigenvalue weighted by molar-refractivity contribution is 0.421. The average molecular weight is 327 g/mol. The molecule has 0 aliphatic rings. The van der Waals surface area contributed by atoms with Gasteiger partial charge in [0.2, 0.25) is 5.89 Å². The summed E-state index contributed by atoms with van der Waals surface area (Å²) in [7, 11) is 0. The molecule has 0 aliphatic carbocycles. The molecule has 0 saturated heterocycles. The van der Waals surface area contributed by atoms with Crippen molar-refractivity contribution in [3.05, 3.63) is 40.4 Å². The lowest BCUT2D eigenvalue weighted by atomic mass is 10.1. The van der Waals surface area contributed by atoms with Crippen LogP contribution in [-0.2, 0) is 6.54 Å². The summed E-state index contributed by atoms with van der Waals surface area (Å²) in [5, 5.41) is 3.32. The van der Waals surface area contributed by atoms with Crippen LogP contribution >= 0.6 is 15.9 Å². The van der Waals surface area contributed by atoms with Crippen LogP contribution in [0.25, 0.3) is 11.5 Å². The number of nitrogens with one attached hydrogen (secondary N) is 1. The Labute approximate surface area is 120 Å². The van der Waals surface area contributed by atoms with Gasteiger partial charge in [0.25, 0.3) is 0 Å². The van der Waals surface area contributed by atoms with Crippen LogP contribution in [0.1, 0.15) is 26.5 Å². The average Bonchev–Trinajstić information content (AvgIpc) is 2.78. The highest BCUT2D eigenvalue weighted by atomic mass is 79.9. The standard InChI is InChI=1S/C14H16BrFN2O/c1-14(2,3)17-7-10-8-19-13(18-10)9-4-5-11(15)12(16)6-9/h4-6,8,17H,7H2,1-3H3. The maximum atomic E-state index is 13.4. The van der Waals surface area contributed by atoms with Gasteiger partial charge in [-0.1, -0.05) is 0 Å². The molecule has 0 aliphatic heterocycles. The Morgan fingerprint density at radius 1 is 1.37 bits per heavy atom. The van der Waals surface area contributed by atoms with E-state index >= 15 is 0 Å². The van der Waals surface area contributed by atoms with Crippen molar-refractivity contribution in [1.82, 2.24) is 10.3 Å². The molecule has 19 heavy (non-hydrogen) atoms. The number of hydrogen-bond donors (Lipinski definition) is 1. The molecule has 1 N–H and O–H groups in total. The lowest BCUT2D eigenvalue weighted by Gasteiger charge is -2.19. The van der Waals surface area contributed by atoms with Gasteiger partial charge in [0, 0.05) is 17.6 Å². The van der Waals surface area contributed by atoms with Gasteiger partial charge in [-0.2, -0.15) is 0 Å². The van der Waals surface area contributed by atoms with Crippen LogP contribution in [0.15, 0.2) is 33.4 Å². The van der Waals surface area contributed by atoms with E-state index in [9.17, 15) is 4.39 Å². The summed E-state index contributed by atoms with van der Waals surface area (Å²) >= 11 is 3.12. The molecule has 1 aromatic heterocycles. The van der Waals surface area contributed by atoms with Gasteiger partial charge in [-0.05, 0) is 54.9 Å². The van der Waals surface area contributed by atoms with Crippen molar-refractivity contribution in [1.29, 1.82) is 0 Å². The van der Waals surface area contributed by atoms with E-state index in [4.69, 9.17) is 4.42 Å². The van der Waals surface area contributed by atoms with Crippen LogP contribution in [0.2, 0.25) is 0 Å². The molecule has 5 heteroatoms. The van der Waals surface area contributed by atoms with E-state index in [0.717, 1.165) is 5.69 Å². The van der Waals surface area contributed by atoms with Crippen LogP contribution in [0.3, 0.4) is 0 Å². The van der Waals surface area contributed by atoms with Crippen molar-refractivity contribution in [3.8, 4) is 11.5 Å². The Balaban J connectivity index is 2.14. The Kier molecular flexibility index (Phi) is 4.06. The Morgan fingerprint density at radius 2 is 2.11 bits per heavy atom. The zero-order chi connectivity index (χ0) is 14.0. The fraction of sp³-hybridized carbons (Fsp3) is 0.357. The zero-order valence-electron chi connectivity index (χ0n) is 11.1. The summed E-state index contributed by atoms with van der Waals surface area (Å²) in [6.45, 7) is 6.86. The monoisotopic (exact) mass is 326 g/mol. The third kappa shape index (κ3) is 3.88. The molecule has 2 rings (SSSR count). The Morgan fingerprint density at radius 3 is 2.74 bits per heavy atom. The highest BCUT2D eigenvalue weighted by Crippen LogP contribution is 2.24. The molecule has 0 unspecified atom stereocenters. The number of rotatable bonds is 3. The molecular weight excluding hydrogens is 311 g/mol. The first-order valence-corrected chi connectivity index (χ1v) is 6.79. The topological polar surface area (TPSA) is 38.1 Å². The summed E-state index contributed by atoms with van der Waals surface area (Å²) in [6.07, 6.45) is 1.59. The molecule has 3 nitrogen and oxygen atoms in total. The fourth-order valence-electron chi connectivity index (χ4n) is 1.51. The second kappa shape index (κ2) is 5.43. The SMILES string of the molecule is CC(C)(C)NCc1coc(-c2ccc(Br)c(F)c2)n1. The molecule has 0 atom stereocenters. The third-order valence-corrected chi connectivity index (χ3v) is 3.16. The van der Waals surface area contributed by atoms with Gasteiger partial charge in [-0.25, -0.2) is 9.37 Å². The van der Waals surface area contributed by atoms with Crippen molar-refractivity contribution in [2.24, 2.45) is 0 Å². The van der Waals surface area contributed by atoms with Gasteiger partial charge in [-0.3, -0.25) is 0 Å². The van der Waals surface area contributed by atoms with E-state index in [-0.39, 0.29) is 11.4 Å². The summed E-state index contributed by atoms with van der Waals surface area (Å²) in [5.41, 5.74) is 1.44. The van der Waals surface area contributed by atoms with Crippen molar-refractivity contribution >= 4 is 15.9 Å². The maximum absolute atomic E-state index is 13.4. The third-order valence-electron chi connectivity index (χ3n) is 2.52. The van der Waals surface area contributed by atoms with Crippen LogP contribution in [0.4, 0.5) is 4.39 Å². The first kappa shape index (κ1) is 14.2. The van der Waals surface area contributed by atoms with Crippen molar-refractivity contribution in [2.75, 3.05) is 0 Å². The van der Waals surface area contributed by atoms with Crippen LogP contribution in [0, 0.1) is 5.82 Å². The van der Waals surface area contributed by atoms with E-state index in [0.29, 0.717) is 22.5 Å². The van der Waals surface area contributed by atoms with Gasteiger partial charge in [0.15, 0.2) is 0 Å². The molecule has 1 aromatic carbocycles. The molecule has 0 amide bonds. The quantitative estimate of drug-likeness (QED) is 0.921. The minimum absolute atomic E-state index is 0.0167. The second-order valence-corrected chi connectivity index (χ2v) is 6.23. The van der Waals surface area contributed by atoms with Crippen LogP contribution in [-0.4, -0.2) is 10.5 Å². The summed E-state index contributed by atoms with van der Waals surface area (Å²) in [4.78, 5) is 4.34. The fourth-order valence-corrected chi connectivity index (χ4v) is 1.75. The highest BCUT2D eigenvalue weighted by Gasteiger charge is 2.12. The van der Waals surface area contributed by atoms with Gasteiger partial charge in [0.1, 0.15) is 12.1 Å². The largest absolute Gasteiger partial charge is 0.444 e. The molecule has 2 aromatic rings. The summed E-state index contributed by atoms with van der Waals surface area (Å²) in [5.74, 6) is 0.0992. The van der Waals surface area contributed by atoms with Crippen LogP contribution < -0.4 is 5.32 Å². The minimum Gasteiger partial charge on any atom is -0.444 e. The predicted molar refractivity (Wildman–Crippen MR) is 76.2 cm³/mol. The van der Waals surface area contributed by atoms with Gasteiger partial charge in [0.05, 0.1) is 10.2 Å². The number of halogens is 2. The van der Waals surface area contributed by atoms with Crippen molar-refractivity contribution < 1.29 is 8.81 Å². The number of benzene rings is 1. The maximum Gasteiger partial charge on any atom is 0.226 e. The Bertz CT molecular complexity index is 575. The van der Waals surface area contributed by atoms with E-state index in [1.165, 1.54) is 6.07 Å².